The van der Waals surface area contributed by atoms with Gasteiger partial charge in [0.15, 0.2) is 0 Å². The first kappa shape index (κ1) is 14.4. The van der Waals surface area contributed by atoms with Crippen LogP contribution in [0, 0.1) is 0 Å². The predicted molar refractivity (Wildman–Crippen MR) is 64.9 cm³/mol. The van der Waals surface area contributed by atoms with Crippen molar-refractivity contribution in [1.82, 2.24) is 0 Å². The maximum atomic E-state index is 10.8. The predicted octanol–water partition coefficient (Wildman–Crippen LogP) is 1.64. The molecule has 0 heterocycles. The van der Waals surface area contributed by atoms with Crippen molar-refractivity contribution in [2.24, 2.45) is 5.14 Å². The topological polar surface area (TPSA) is 78.6 Å². The highest BCUT2D eigenvalue weighted by atomic mass is 35.5. The van der Waals surface area contributed by atoms with E-state index in [4.69, 9.17) is 21.5 Å². The van der Waals surface area contributed by atoms with Crippen molar-refractivity contribution in [3.05, 3.63) is 34.9 Å². The van der Waals surface area contributed by atoms with Crippen molar-refractivity contribution in [1.29, 1.82) is 0 Å². The van der Waals surface area contributed by atoms with Crippen molar-refractivity contribution < 1.29 is 17.3 Å². The molecule has 0 saturated heterocycles. The highest BCUT2D eigenvalue weighted by molar-refractivity contribution is 7.84. The molecule has 2 atom stereocenters. The number of nitrogens with two attached hydrogens (primary N) is 1. The lowest BCUT2D eigenvalue weighted by Crippen LogP contribution is -2.28. The van der Waals surface area contributed by atoms with Gasteiger partial charge in [-0.3, -0.25) is 4.18 Å². The van der Waals surface area contributed by atoms with Crippen LogP contribution in [0.15, 0.2) is 24.3 Å². The number of methoxy groups -OCH3 is 1. The average Bonchev–Trinajstić information content (AvgIpc) is 2.19. The van der Waals surface area contributed by atoms with Gasteiger partial charge >= 0.3 is 10.3 Å². The molecule has 0 aliphatic heterocycles. The maximum Gasteiger partial charge on any atom is 0.333 e. The van der Waals surface area contributed by atoms with Crippen LogP contribution < -0.4 is 5.14 Å². The molecule has 1 aromatic carbocycles. The summed E-state index contributed by atoms with van der Waals surface area (Å²) in [7, 11) is -2.58. The van der Waals surface area contributed by atoms with Crippen molar-refractivity contribution in [2.75, 3.05) is 7.11 Å². The van der Waals surface area contributed by atoms with Gasteiger partial charge in [0.1, 0.15) is 12.2 Å². The molecule has 7 heteroatoms. The molecule has 0 aliphatic carbocycles. The van der Waals surface area contributed by atoms with Gasteiger partial charge < -0.3 is 4.74 Å². The molecule has 5 nitrogen and oxygen atoms in total. The minimum absolute atomic E-state index is 0.476. The minimum Gasteiger partial charge on any atom is -0.374 e. The molecule has 2 N–H and O–H groups in total. The average molecular weight is 280 g/mol. The lowest BCUT2D eigenvalue weighted by atomic mass is 10.1. The van der Waals surface area contributed by atoms with E-state index in [2.05, 4.69) is 4.18 Å². The van der Waals surface area contributed by atoms with Crippen molar-refractivity contribution >= 4 is 21.9 Å². The molecular weight excluding hydrogens is 266 g/mol. The quantitative estimate of drug-likeness (QED) is 0.889. The second-order valence-corrected chi connectivity index (χ2v) is 5.06. The molecule has 2 unspecified atom stereocenters. The Morgan fingerprint density at radius 3 is 2.41 bits per heavy atom. The summed E-state index contributed by atoms with van der Waals surface area (Å²) in [5.41, 5.74) is 0.646. The van der Waals surface area contributed by atoms with Gasteiger partial charge in [-0.15, -0.1) is 0 Å². The standard InChI is InChI=1S/C10H14ClNO4S/c1-7(16-17(12,13)14)10(15-2)8-5-3-4-6-9(8)11/h3-7,10H,1-2H3,(H2,12,13,14). The van der Waals surface area contributed by atoms with Crippen molar-refractivity contribution in [2.45, 2.75) is 19.1 Å². The van der Waals surface area contributed by atoms with Gasteiger partial charge in [0.25, 0.3) is 0 Å². The van der Waals surface area contributed by atoms with E-state index in [9.17, 15) is 8.42 Å². The van der Waals surface area contributed by atoms with Gasteiger partial charge in [0.2, 0.25) is 0 Å². The molecule has 0 bridgehead atoms. The molecule has 17 heavy (non-hydrogen) atoms. The van der Waals surface area contributed by atoms with Crippen LogP contribution in [-0.2, 0) is 19.2 Å². The van der Waals surface area contributed by atoms with E-state index in [0.717, 1.165) is 0 Å². The number of hydrogen-bond donors (Lipinski definition) is 1. The van der Waals surface area contributed by atoms with E-state index >= 15 is 0 Å². The Kier molecular flexibility index (Phi) is 4.91. The van der Waals surface area contributed by atoms with Gasteiger partial charge in [0, 0.05) is 17.7 Å². The first-order valence-corrected chi connectivity index (χ1v) is 6.68. The molecule has 1 rings (SSSR count). The fourth-order valence-electron chi connectivity index (χ4n) is 1.54. The third kappa shape index (κ3) is 4.25. The Balaban J connectivity index is 2.96. The van der Waals surface area contributed by atoms with E-state index in [1.807, 2.05) is 0 Å². The fraction of sp³-hybridized carbons (Fsp3) is 0.400. The third-order valence-corrected chi connectivity index (χ3v) is 3.09. The Morgan fingerprint density at radius 1 is 1.35 bits per heavy atom. The molecule has 1 aromatic rings. The minimum atomic E-state index is -4.02. The van der Waals surface area contributed by atoms with Crippen LogP contribution in [0.4, 0.5) is 0 Å². The lowest BCUT2D eigenvalue weighted by Gasteiger charge is -2.22. The highest BCUT2D eigenvalue weighted by Crippen LogP contribution is 2.29. The first-order valence-electron chi connectivity index (χ1n) is 4.83. The fourth-order valence-corrected chi connectivity index (χ4v) is 2.31. The Hall–Kier alpha value is -0.660. The number of rotatable bonds is 5. The summed E-state index contributed by atoms with van der Waals surface area (Å²) in [5.74, 6) is 0. The van der Waals surface area contributed by atoms with Gasteiger partial charge in [-0.2, -0.15) is 8.42 Å². The molecule has 0 spiro atoms. The molecular formula is C10H14ClNO4S. The van der Waals surface area contributed by atoms with Crippen molar-refractivity contribution in [3.63, 3.8) is 0 Å². The summed E-state index contributed by atoms with van der Waals surface area (Å²) in [6, 6.07) is 6.97. The molecule has 0 radical (unpaired) electrons. The van der Waals surface area contributed by atoms with Crippen molar-refractivity contribution in [3.8, 4) is 0 Å². The molecule has 96 valence electrons. The summed E-state index contributed by atoms with van der Waals surface area (Å²) >= 11 is 6.00. The number of halogens is 1. The smallest absolute Gasteiger partial charge is 0.333 e. The Morgan fingerprint density at radius 2 is 1.94 bits per heavy atom. The van der Waals surface area contributed by atoms with Crippen LogP contribution >= 0.6 is 11.6 Å². The molecule has 0 amide bonds. The van der Waals surface area contributed by atoms with Gasteiger partial charge in [-0.25, -0.2) is 5.14 Å². The number of ether oxygens (including phenoxy) is 1. The Labute approximate surface area is 106 Å². The largest absolute Gasteiger partial charge is 0.374 e. The molecule has 0 fully saturated rings. The van der Waals surface area contributed by atoms with Crippen LogP contribution in [0.1, 0.15) is 18.6 Å². The summed E-state index contributed by atoms with van der Waals surface area (Å²) in [6.45, 7) is 1.54. The van der Waals surface area contributed by atoms with E-state index in [1.165, 1.54) is 7.11 Å². The van der Waals surface area contributed by atoms with Crippen LogP contribution in [0.5, 0.6) is 0 Å². The number of benzene rings is 1. The SMILES string of the molecule is COC(c1ccccc1Cl)C(C)OS(N)(=O)=O. The molecule has 0 saturated carbocycles. The second-order valence-electron chi connectivity index (χ2n) is 3.47. The molecule has 0 aliphatic rings. The number of hydrogen-bond acceptors (Lipinski definition) is 4. The second kappa shape index (κ2) is 5.79. The van der Waals surface area contributed by atoms with Crippen LogP contribution in [0.25, 0.3) is 0 Å². The maximum absolute atomic E-state index is 10.8. The molecule has 0 aromatic heterocycles. The summed E-state index contributed by atoms with van der Waals surface area (Å²) in [5, 5.41) is 5.28. The van der Waals surface area contributed by atoms with Gasteiger partial charge in [-0.1, -0.05) is 29.8 Å². The van der Waals surface area contributed by atoms with Crippen LogP contribution in [-0.4, -0.2) is 21.6 Å². The van der Waals surface area contributed by atoms with Crippen LogP contribution in [0.2, 0.25) is 5.02 Å². The monoisotopic (exact) mass is 279 g/mol. The lowest BCUT2D eigenvalue weighted by molar-refractivity contribution is 0.0126. The summed E-state index contributed by atoms with van der Waals surface area (Å²) in [6.07, 6.45) is -1.38. The third-order valence-electron chi connectivity index (χ3n) is 2.18. The van der Waals surface area contributed by atoms with E-state index < -0.39 is 22.5 Å². The first-order chi connectivity index (χ1) is 7.85. The van der Waals surface area contributed by atoms with Gasteiger partial charge in [0.05, 0.1) is 0 Å². The normalized spacial score (nSPS) is 15.5. The van der Waals surface area contributed by atoms with E-state index in [0.29, 0.717) is 10.6 Å². The zero-order chi connectivity index (χ0) is 13.1. The van der Waals surface area contributed by atoms with E-state index in [1.54, 1.807) is 31.2 Å². The summed E-state index contributed by atoms with van der Waals surface area (Å²) in [4.78, 5) is 0. The van der Waals surface area contributed by atoms with Crippen LogP contribution in [0.3, 0.4) is 0 Å². The summed E-state index contributed by atoms with van der Waals surface area (Å²) < 4.78 is 31.6. The Bertz CT molecular complexity index is 477. The van der Waals surface area contributed by atoms with E-state index in [-0.39, 0.29) is 0 Å². The van der Waals surface area contributed by atoms with Gasteiger partial charge in [-0.05, 0) is 13.0 Å². The zero-order valence-electron chi connectivity index (χ0n) is 9.46. The zero-order valence-corrected chi connectivity index (χ0v) is 11.0. The highest BCUT2D eigenvalue weighted by Gasteiger charge is 2.25.